The van der Waals surface area contributed by atoms with E-state index in [4.69, 9.17) is 5.73 Å². The van der Waals surface area contributed by atoms with Crippen LogP contribution in [0.15, 0.2) is 41.1 Å². The summed E-state index contributed by atoms with van der Waals surface area (Å²) >= 11 is 3.24. The van der Waals surface area contributed by atoms with Gasteiger partial charge >= 0.3 is 0 Å². The monoisotopic (exact) mass is 309 g/mol. The number of carbonyl (C=O) groups excluding carboxylic acids is 1. The van der Waals surface area contributed by atoms with Crippen LogP contribution in [0, 0.1) is 5.82 Å². The molecule has 0 unspecified atom stereocenters. The van der Waals surface area contributed by atoms with Crippen molar-refractivity contribution in [3.63, 3.8) is 0 Å². The molecule has 2 rings (SSSR count). The summed E-state index contributed by atoms with van der Waals surface area (Å²) in [4.78, 5) is 15.5. The van der Waals surface area contributed by atoms with Gasteiger partial charge in [0.1, 0.15) is 0 Å². The molecule has 2 aromatic rings. The first-order valence-corrected chi connectivity index (χ1v) is 5.82. The number of benzene rings is 1. The predicted molar refractivity (Wildman–Crippen MR) is 70.7 cm³/mol. The van der Waals surface area contributed by atoms with Gasteiger partial charge in [-0.2, -0.15) is 0 Å². The summed E-state index contributed by atoms with van der Waals surface area (Å²) in [5.41, 5.74) is 6.50. The molecular weight excluding hydrogens is 301 g/mol. The lowest BCUT2D eigenvalue weighted by Crippen LogP contribution is -2.13. The molecule has 0 fully saturated rings. The number of hydrogen-bond donors (Lipinski definition) is 2. The van der Waals surface area contributed by atoms with Gasteiger partial charge < -0.3 is 11.1 Å². The number of aromatic nitrogens is 1. The lowest BCUT2D eigenvalue weighted by Gasteiger charge is -2.07. The van der Waals surface area contributed by atoms with Crippen LogP contribution in [0.1, 0.15) is 10.4 Å². The number of nitrogens with two attached hydrogens (primary N) is 1. The molecule has 92 valence electrons. The van der Waals surface area contributed by atoms with Crippen LogP contribution in [-0.4, -0.2) is 10.9 Å². The van der Waals surface area contributed by atoms with E-state index in [2.05, 4.69) is 26.2 Å². The molecule has 0 bridgehead atoms. The van der Waals surface area contributed by atoms with E-state index < -0.39 is 11.7 Å². The molecular formula is C12H9BrFN3O. The van der Waals surface area contributed by atoms with Gasteiger partial charge in [-0.05, 0) is 24.3 Å². The minimum atomic E-state index is -0.589. The fourth-order valence-corrected chi connectivity index (χ4v) is 1.93. The molecule has 1 heterocycles. The second kappa shape index (κ2) is 5.14. The Morgan fingerprint density at radius 1 is 1.39 bits per heavy atom. The second-order valence-electron chi connectivity index (χ2n) is 3.58. The zero-order chi connectivity index (χ0) is 13.1. The number of amides is 1. The van der Waals surface area contributed by atoms with E-state index in [1.54, 1.807) is 12.1 Å². The maximum Gasteiger partial charge on any atom is 0.255 e. The first-order valence-electron chi connectivity index (χ1n) is 5.03. The molecule has 0 saturated heterocycles. The van der Waals surface area contributed by atoms with Crippen molar-refractivity contribution < 1.29 is 9.18 Å². The highest BCUT2D eigenvalue weighted by atomic mass is 79.9. The predicted octanol–water partition coefficient (Wildman–Crippen LogP) is 2.82. The highest BCUT2D eigenvalue weighted by Gasteiger charge is 2.10. The van der Waals surface area contributed by atoms with Gasteiger partial charge in [0.25, 0.3) is 5.91 Å². The Bertz CT molecular complexity index is 583. The molecule has 4 nitrogen and oxygen atoms in total. The van der Waals surface area contributed by atoms with Crippen LogP contribution in [0.25, 0.3) is 0 Å². The minimum absolute atomic E-state index is 0.0774. The third-order valence-corrected chi connectivity index (χ3v) is 2.66. The quantitative estimate of drug-likeness (QED) is 0.838. The fraction of sp³-hybridized carbons (Fsp3) is 0. The highest BCUT2D eigenvalue weighted by molar-refractivity contribution is 9.10. The number of nitrogens with zero attached hydrogens (tertiary/aromatic N) is 1. The van der Waals surface area contributed by atoms with Crippen LogP contribution >= 0.6 is 15.9 Å². The number of hydrogen-bond acceptors (Lipinski definition) is 3. The Labute approximate surface area is 111 Å². The van der Waals surface area contributed by atoms with Crippen LogP contribution in [-0.2, 0) is 0 Å². The van der Waals surface area contributed by atoms with Gasteiger partial charge in [-0.15, -0.1) is 0 Å². The molecule has 1 amide bonds. The number of anilines is 2. The van der Waals surface area contributed by atoms with Crippen LogP contribution in [0.4, 0.5) is 15.8 Å². The van der Waals surface area contributed by atoms with Crippen LogP contribution in [0.3, 0.4) is 0 Å². The summed E-state index contributed by atoms with van der Waals surface area (Å²) in [5, 5.41) is 2.45. The molecule has 1 aromatic heterocycles. The summed E-state index contributed by atoms with van der Waals surface area (Å²) in [6, 6.07) is 6.17. The first kappa shape index (κ1) is 12.5. The molecule has 0 atom stereocenters. The third-order valence-electron chi connectivity index (χ3n) is 2.20. The van der Waals surface area contributed by atoms with Gasteiger partial charge in [0.2, 0.25) is 0 Å². The Morgan fingerprint density at radius 2 is 2.17 bits per heavy atom. The van der Waals surface area contributed by atoms with Gasteiger partial charge in [0.15, 0.2) is 5.82 Å². The zero-order valence-corrected chi connectivity index (χ0v) is 10.7. The van der Waals surface area contributed by atoms with E-state index in [-0.39, 0.29) is 5.69 Å². The standard InChI is InChI=1S/C12H9BrFN3O/c13-8-3-7(4-9(15)5-8)12(18)17-11-1-2-16-6-10(11)14/h1-6H,15H2,(H,16,17,18). The number of halogens is 2. The number of carbonyl (C=O) groups is 1. The van der Waals surface area contributed by atoms with Crippen LogP contribution in [0.2, 0.25) is 0 Å². The van der Waals surface area contributed by atoms with Crippen molar-refractivity contribution in [2.75, 3.05) is 11.1 Å². The molecule has 0 spiro atoms. The van der Waals surface area contributed by atoms with Crippen molar-refractivity contribution in [2.45, 2.75) is 0 Å². The summed E-state index contributed by atoms with van der Waals surface area (Å²) < 4.78 is 14.0. The topological polar surface area (TPSA) is 68.0 Å². The highest BCUT2D eigenvalue weighted by Crippen LogP contribution is 2.19. The summed E-state index contributed by atoms with van der Waals surface area (Å²) in [6.45, 7) is 0. The molecule has 0 aliphatic carbocycles. The first-order chi connectivity index (χ1) is 8.56. The van der Waals surface area contributed by atoms with Gasteiger partial charge in [-0.25, -0.2) is 4.39 Å². The van der Waals surface area contributed by atoms with Crippen LogP contribution in [0.5, 0.6) is 0 Å². The number of nitrogen functional groups attached to an aromatic ring is 1. The summed E-state index contributed by atoms with van der Waals surface area (Å²) in [5.74, 6) is -1.03. The third kappa shape index (κ3) is 2.84. The van der Waals surface area contributed by atoms with E-state index in [0.29, 0.717) is 15.7 Å². The average Bonchev–Trinajstić information content (AvgIpc) is 2.31. The zero-order valence-electron chi connectivity index (χ0n) is 9.15. The van der Waals surface area contributed by atoms with E-state index in [1.807, 2.05) is 0 Å². The normalized spacial score (nSPS) is 10.1. The fourth-order valence-electron chi connectivity index (χ4n) is 1.41. The SMILES string of the molecule is Nc1cc(Br)cc(C(=O)Nc2ccncc2F)c1. The maximum absolute atomic E-state index is 13.3. The molecule has 3 N–H and O–H groups in total. The number of pyridine rings is 1. The number of rotatable bonds is 2. The van der Waals surface area contributed by atoms with Gasteiger partial charge in [0, 0.05) is 21.9 Å². The molecule has 0 aliphatic heterocycles. The van der Waals surface area contributed by atoms with Crippen molar-refractivity contribution in [3.8, 4) is 0 Å². The molecule has 0 aliphatic rings. The lowest BCUT2D eigenvalue weighted by molar-refractivity contribution is 0.102. The molecule has 0 radical (unpaired) electrons. The Kier molecular flexibility index (Phi) is 3.57. The van der Waals surface area contributed by atoms with Crippen molar-refractivity contribution in [2.24, 2.45) is 0 Å². The van der Waals surface area contributed by atoms with E-state index in [1.165, 1.54) is 18.3 Å². The smallest absolute Gasteiger partial charge is 0.255 e. The maximum atomic E-state index is 13.3. The van der Waals surface area contributed by atoms with E-state index in [9.17, 15) is 9.18 Å². The largest absolute Gasteiger partial charge is 0.399 e. The van der Waals surface area contributed by atoms with Crippen molar-refractivity contribution in [1.82, 2.24) is 4.98 Å². The van der Waals surface area contributed by atoms with Gasteiger partial charge in [-0.3, -0.25) is 9.78 Å². The van der Waals surface area contributed by atoms with Crippen molar-refractivity contribution in [3.05, 3.63) is 52.5 Å². The molecule has 6 heteroatoms. The Balaban J connectivity index is 2.25. The second-order valence-corrected chi connectivity index (χ2v) is 4.50. The van der Waals surface area contributed by atoms with E-state index >= 15 is 0 Å². The average molecular weight is 310 g/mol. The summed E-state index contributed by atoms with van der Waals surface area (Å²) in [6.07, 6.45) is 2.43. The lowest BCUT2D eigenvalue weighted by atomic mass is 10.2. The van der Waals surface area contributed by atoms with Crippen molar-refractivity contribution in [1.29, 1.82) is 0 Å². The van der Waals surface area contributed by atoms with Gasteiger partial charge in [0.05, 0.1) is 11.9 Å². The van der Waals surface area contributed by atoms with Crippen molar-refractivity contribution >= 4 is 33.2 Å². The molecule has 1 aromatic carbocycles. The van der Waals surface area contributed by atoms with Crippen LogP contribution < -0.4 is 11.1 Å². The molecule has 0 saturated carbocycles. The molecule has 18 heavy (non-hydrogen) atoms. The Hall–Kier alpha value is -1.95. The van der Waals surface area contributed by atoms with Gasteiger partial charge in [-0.1, -0.05) is 15.9 Å². The summed E-state index contributed by atoms with van der Waals surface area (Å²) in [7, 11) is 0. The number of nitrogens with one attached hydrogen (secondary N) is 1. The van der Waals surface area contributed by atoms with E-state index in [0.717, 1.165) is 6.20 Å². The Morgan fingerprint density at radius 3 is 2.83 bits per heavy atom. The minimum Gasteiger partial charge on any atom is -0.399 e.